The quantitative estimate of drug-likeness (QED) is 0.139. The van der Waals surface area contributed by atoms with Crippen molar-refractivity contribution in [3.05, 3.63) is 66.7 Å². The van der Waals surface area contributed by atoms with Crippen molar-refractivity contribution in [3.63, 3.8) is 0 Å². The fourth-order valence-electron chi connectivity index (χ4n) is 3.12. The monoisotopic (exact) mass is 836 g/mol. The summed E-state index contributed by atoms with van der Waals surface area (Å²) in [5, 5.41) is -0.576. The van der Waals surface area contributed by atoms with Crippen molar-refractivity contribution in [2.45, 2.75) is 68.4 Å². The molecule has 2 aliphatic rings. The highest BCUT2D eigenvalue weighted by Crippen LogP contribution is 2.39. The molecule has 0 bridgehead atoms. The van der Waals surface area contributed by atoms with Crippen molar-refractivity contribution in [1.82, 2.24) is 4.72 Å². The summed E-state index contributed by atoms with van der Waals surface area (Å²) in [6.45, 7) is 9.94. The fourth-order valence-corrected chi connectivity index (χ4v) is 5.36. The number of halogens is 9. The summed E-state index contributed by atoms with van der Waals surface area (Å²) in [6, 6.07) is 2.32. The highest BCUT2D eigenvalue weighted by Gasteiger charge is 2.49. The maximum Gasteiger partial charge on any atom is 0.192 e. The van der Waals surface area contributed by atoms with E-state index in [-0.39, 0.29) is 40.6 Å². The summed E-state index contributed by atoms with van der Waals surface area (Å²) in [6.07, 6.45) is 1.11. The Morgan fingerprint density at radius 1 is 0.844 bits per heavy atom. The lowest BCUT2D eigenvalue weighted by molar-refractivity contribution is -0.145. The molecule has 2 fully saturated rings. The van der Waals surface area contributed by atoms with Crippen LogP contribution in [0.25, 0.3) is 0 Å². The molecule has 17 heteroatoms. The second kappa shape index (κ2) is 16.1. The van der Waals surface area contributed by atoms with E-state index in [2.05, 4.69) is 9.12 Å². The Kier molecular flexibility index (Phi) is 14.4. The summed E-state index contributed by atoms with van der Waals surface area (Å²) < 4.78 is 119. The first-order chi connectivity index (χ1) is 20.5. The van der Waals surface area contributed by atoms with Crippen LogP contribution in [0, 0.1) is 26.8 Å². The van der Waals surface area contributed by atoms with Gasteiger partial charge >= 0.3 is 0 Å². The summed E-state index contributed by atoms with van der Waals surface area (Å²) in [5.41, 5.74) is -3.70. The molecule has 2 heterocycles. The highest BCUT2D eigenvalue weighted by molar-refractivity contribution is 14.1. The lowest BCUT2D eigenvalue weighted by Gasteiger charge is -2.41. The van der Waals surface area contributed by atoms with Crippen LogP contribution < -0.4 is 4.72 Å². The van der Waals surface area contributed by atoms with E-state index in [4.69, 9.17) is 32.7 Å². The molecular formula is C28H33Cl2F6IN2O4S2. The average Bonchev–Trinajstić information content (AvgIpc) is 2.88. The minimum atomic E-state index is -1.96. The molecule has 0 amide bonds. The third-order valence-electron chi connectivity index (χ3n) is 5.88. The summed E-state index contributed by atoms with van der Waals surface area (Å²) in [7, 11) is -3.05. The van der Waals surface area contributed by atoms with Crippen LogP contribution in [0.1, 0.15) is 53.1 Å². The molecule has 254 valence electrons. The number of hydrogen-bond donors (Lipinski definition) is 1. The predicted octanol–water partition coefficient (Wildman–Crippen LogP) is 7.93. The van der Waals surface area contributed by atoms with Gasteiger partial charge in [0.2, 0.25) is 0 Å². The summed E-state index contributed by atoms with van der Waals surface area (Å²) in [5.74, 6) is -2.81. The van der Waals surface area contributed by atoms with Gasteiger partial charge in [0.1, 0.15) is 34.3 Å². The van der Waals surface area contributed by atoms with Crippen molar-refractivity contribution in [2.24, 2.45) is 4.40 Å². The summed E-state index contributed by atoms with van der Waals surface area (Å²) >= 11 is 12.5. The van der Waals surface area contributed by atoms with Crippen LogP contribution in [0.2, 0.25) is 10.0 Å². The van der Waals surface area contributed by atoms with Gasteiger partial charge < -0.3 is 9.47 Å². The normalized spacial score (nSPS) is 19.2. The molecule has 2 aromatic carbocycles. The van der Waals surface area contributed by atoms with Gasteiger partial charge in [-0.1, -0.05) is 23.2 Å². The highest BCUT2D eigenvalue weighted by atomic mass is 127. The second-order valence-electron chi connectivity index (χ2n) is 12.1. The number of benzene rings is 2. The zero-order valence-electron chi connectivity index (χ0n) is 25.1. The van der Waals surface area contributed by atoms with Gasteiger partial charge in [-0.05, 0) is 88.4 Å². The largest absolute Gasteiger partial charge is 0.374 e. The molecule has 0 saturated carbocycles. The molecule has 45 heavy (non-hydrogen) atoms. The molecule has 1 N–H and O–H groups in total. The molecule has 2 aliphatic heterocycles. The van der Waals surface area contributed by atoms with E-state index in [1.807, 2.05) is 0 Å². The topological polar surface area (TPSA) is 77.0 Å². The number of nitrogens with one attached hydrogen (secondary N) is 1. The van der Waals surface area contributed by atoms with E-state index in [0.29, 0.717) is 0 Å². The molecule has 0 spiro atoms. The van der Waals surface area contributed by atoms with E-state index in [9.17, 15) is 34.8 Å². The van der Waals surface area contributed by atoms with Crippen LogP contribution in [0.4, 0.5) is 26.3 Å². The van der Waals surface area contributed by atoms with Gasteiger partial charge in [0.15, 0.2) is 11.3 Å². The van der Waals surface area contributed by atoms with Crippen molar-refractivity contribution in [2.75, 3.05) is 26.4 Å². The molecule has 0 aromatic heterocycles. The molecule has 3 atom stereocenters. The van der Waals surface area contributed by atoms with Gasteiger partial charge in [-0.15, -0.1) is 0 Å². The van der Waals surface area contributed by atoms with Crippen molar-refractivity contribution >= 4 is 74.0 Å². The first kappa shape index (κ1) is 40.4. The zero-order valence-corrected chi connectivity index (χ0v) is 30.4. The lowest BCUT2D eigenvalue weighted by atomic mass is 9.89. The van der Waals surface area contributed by atoms with Crippen LogP contribution in [-0.4, -0.2) is 61.9 Å². The van der Waals surface area contributed by atoms with Gasteiger partial charge in [0.05, 0.1) is 72.8 Å². The Labute approximate surface area is 287 Å². The molecule has 0 unspecified atom stereocenters. The Morgan fingerprint density at radius 3 is 1.73 bits per heavy atom. The number of alkyl halides is 2. The average molecular weight is 838 g/mol. The van der Waals surface area contributed by atoms with Gasteiger partial charge in [-0.3, -0.25) is 0 Å². The molecule has 0 radical (unpaired) electrons. The van der Waals surface area contributed by atoms with Gasteiger partial charge in [-0.2, -0.15) is 4.40 Å². The van der Waals surface area contributed by atoms with Crippen LogP contribution >= 0.6 is 45.8 Å². The van der Waals surface area contributed by atoms with E-state index in [1.165, 1.54) is 0 Å². The number of rotatable bonds is 6. The standard InChI is InChI=1S/C14H17ClF3NO2S.C8H14FNO2S.C6H2ClF2I/c1-13(2,3)22(20)19-12(14(18)6-21-7-14)8-4-11(17)9(15)5-10(8)16;1-7(2,3)13(11)10-4-8(9)5-12-6-8;7-3-1-5(9)6(10)2-4(3)8/h4-5,12,19H,6-7H2,1-3H3;4H,5-6H2,1-3H3;1-2H/t12-,22-;13-;/m00./s1. The Morgan fingerprint density at radius 2 is 1.33 bits per heavy atom. The van der Waals surface area contributed by atoms with E-state index in [0.717, 1.165) is 30.5 Å². The smallest absolute Gasteiger partial charge is 0.192 e. The first-order valence-electron chi connectivity index (χ1n) is 13.1. The SMILES string of the molecule is CC(C)(C)[S@](=O)N=CC1(F)COC1.CC(C)(C)[S@](=O)N[C@@H](c1cc(F)c(Cl)cc1F)C1(F)COC1.Fc1cc(I)c(F)cc1Cl. The van der Waals surface area contributed by atoms with Gasteiger partial charge in [-0.25, -0.2) is 39.5 Å². The van der Waals surface area contributed by atoms with Crippen molar-refractivity contribution in [1.29, 1.82) is 0 Å². The van der Waals surface area contributed by atoms with Crippen molar-refractivity contribution in [3.8, 4) is 0 Å². The maximum atomic E-state index is 14.8. The van der Waals surface area contributed by atoms with Crippen LogP contribution in [0.5, 0.6) is 0 Å². The lowest BCUT2D eigenvalue weighted by Crippen LogP contribution is -2.56. The third kappa shape index (κ3) is 11.7. The molecule has 6 nitrogen and oxygen atoms in total. The summed E-state index contributed by atoms with van der Waals surface area (Å²) in [4.78, 5) is 0. The van der Waals surface area contributed by atoms with Crippen LogP contribution in [0.15, 0.2) is 28.7 Å². The van der Waals surface area contributed by atoms with Gasteiger partial charge in [0, 0.05) is 5.56 Å². The van der Waals surface area contributed by atoms with Crippen molar-refractivity contribution < 1.29 is 44.2 Å². The van der Waals surface area contributed by atoms with Crippen LogP contribution in [-0.2, 0) is 31.4 Å². The number of hydrogen-bond acceptors (Lipinski definition) is 4. The second-order valence-corrected chi connectivity index (χ2v) is 18.0. The minimum Gasteiger partial charge on any atom is -0.374 e. The van der Waals surface area contributed by atoms with E-state index < -0.39 is 77.1 Å². The Bertz CT molecular complexity index is 1380. The Hall–Kier alpha value is -0.820. The number of nitrogens with zero attached hydrogens (tertiary/aromatic N) is 1. The molecular weight excluding hydrogens is 804 g/mol. The Balaban J connectivity index is 0.000000259. The predicted molar refractivity (Wildman–Crippen MR) is 175 cm³/mol. The third-order valence-corrected chi connectivity index (χ3v) is 10.2. The van der Waals surface area contributed by atoms with Gasteiger partial charge in [0.25, 0.3) is 0 Å². The van der Waals surface area contributed by atoms with E-state index >= 15 is 0 Å². The molecule has 0 aliphatic carbocycles. The molecule has 4 rings (SSSR count). The fraction of sp³-hybridized carbons (Fsp3) is 0.536. The van der Waals surface area contributed by atoms with E-state index in [1.54, 1.807) is 64.1 Å². The molecule has 2 aromatic rings. The maximum absolute atomic E-state index is 14.8. The first-order valence-corrected chi connectivity index (χ1v) is 17.2. The minimum absolute atomic E-state index is 0.0256. The number of ether oxygens (including phenoxy) is 2. The van der Waals surface area contributed by atoms with Crippen LogP contribution in [0.3, 0.4) is 0 Å². The molecule has 2 saturated heterocycles. The zero-order chi connectivity index (χ0) is 34.5.